The van der Waals surface area contributed by atoms with Gasteiger partial charge >= 0.3 is 0 Å². The third-order valence-corrected chi connectivity index (χ3v) is 8.46. The predicted octanol–water partition coefficient (Wildman–Crippen LogP) is 5.52. The molecule has 0 fully saturated rings. The average Bonchev–Trinajstić information content (AvgIpc) is 2.91. The van der Waals surface area contributed by atoms with Crippen LogP contribution in [0.3, 0.4) is 0 Å². The minimum absolute atomic E-state index is 0.00371. The lowest BCUT2D eigenvalue weighted by Crippen LogP contribution is -2.52. The van der Waals surface area contributed by atoms with E-state index in [9.17, 15) is 18.0 Å². The van der Waals surface area contributed by atoms with E-state index in [2.05, 4.69) is 5.32 Å². The molecule has 2 unspecified atom stereocenters. The number of hydrogen-bond acceptors (Lipinski definition) is 4. The highest BCUT2D eigenvalue weighted by Gasteiger charge is 2.33. The Hall–Kier alpha value is -3.07. The van der Waals surface area contributed by atoms with E-state index in [1.165, 1.54) is 35.2 Å². The van der Waals surface area contributed by atoms with Crippen molar-refractivity contribution in [3.63, 3.8) is 0 Å². The summed E-state index contributed by atoms with van der Waals surface area (Å²) in [7, 11) is -4.20. The number of halogens is 2. The maximum atomic E-state index is 13.9. The average molecular weight is 577 g/mol. The Kier molecular flexibility index (Phi) is 10.2. The summed E-state index contributed by atoms with van der Waals surface area (Å²) in [5.74, 6) is -0.892. The van der Waals surface area contributed by atoms with Gasteiger partial charge in [0.25, 0.3) is 10.0 Å². The zero-order valence-corrected chi connectivity index (χ0v) is 23.8. The standard InChI is InChI=1S/C28H31Cl2N3O4S/c1-4-20(2)31-28(35)21(3)32(18-22-11-7-5-8-12-22)27(34)19-33(26-16-15-23(29)17-25(26)30)38(36,37)24-13-9-6-10-14-24/h5-17,20-21H,4,18-19H2,1-3H3,(H,31,35). The minimum atomic E-state index is -4.20. The van der Waals surface area contributed by atoms with Gasteiger partial charge in [-0.25, -0.2) is 8.42 Å². The fourth-order valence-electron chi connectivity index (χ4n) is 3.74. The number of anilines is 1. The summed E-state index contributed by atoms with van der Waals surface area (Å²) in [6.45, 7) is 4.99. The second kappa shape index (κ2) is 13.1. The molecule has 3 aromatic carbocycles. The molecule has 0 aliphatic heterocycles. The van der Waals surface area contributed by atoms with Crippen LogP contribution < -0.4 is 9.62 Å². The first-order chi connectivity index (χ1) is 18.0. The summed E-state index contributed by atoms with van der Waals surface area (Å²) >= 11 is 12.5. The van der Waals surface area contributed by atoms with Gasteiger partial charge in [0.15, 0.2) is 0 Å². The molecule has 0 saturated heterocycles. The van der Waals surface area contributed by atoms with E-state index in [0.717, 1.165) is 16.3 Å². The number of carbonyl (C=O) groups is 2. The third-order valence-electron chi connectivity index (χ3n) is 6.15. The molecule has 0 aliphatic carbocycles. The molecule has 1 N–H and O–H groups in total. The zero-order valence-electron chi connectivity index (χ0n) is 21.5. The van der Waals surface area contributed by atoms with Crippen LogP contribution in [0.2, 0.25) is 10.0 Å². The number of sulfonamides is 1. The Labute approximate surface area is 234 Å². The van der Waals surface area contributed by atoms with Crippen LogP contribution in [0.4, 0.5) is 5.69 Å². The van der Waals surface area contributed by atoms with Gasteiger partial charge in [-0.3, -0.25) is 13.9 Å². The van der Waals surface area contributed by atoms with Crippen molar-refractivity contribution in [2.45, 2.75) is 50.7 Å². The second-order valence-electron chi connectivity index (χ2n) is 8.92. The Bertz CT molecular complexity index is 1360. The molecule has 0 aliphatic rings. The number of hydrogen-bond donors (Lipinski definition) is 1. The first-order valence-corrected chi connectivity index (χ1v) is 14.4. The maximum absolute atomic E-state index is 13.9. The van der Waals surface area contributed by atoms with Crippen molar-refractivity contribution in [2.24, 2.45) is 0 Å². The molecular formula is C28H31Cl2N3O4S. The van der Waals surface area contributed by atoms with Gasteiger partial charge in [-0.05, 0) is 56.2 Å². The van der Waals surface area contributed by atoms with Crippen molar-refractivity contribution in [1.29, 1.82) is 0 Å². The molecular weight excluding hydrogens is 545 g/mol. The summed E-state index contributed by atoms with van der Waals surface area (Å²) < 4.78 is 28.5. The van der Waals surface area contributed by atoms with E-state index in [0.29, 0.717) is 5.02 Å². The van der Waals surface area contributed by atoms with E-state index in [4.69, 9.17) is 23.2 Å². The van der Waals surface area contributed by atoms with Crippen molar-refractivity contribution >= 4 is 50.7 Å². The van der Waals surface area contributed by atoms with Gasteiger partial charge in [-0.15, -0.1) is 0 Å². The molecule has 3 rings (SSSR count). The first kappa shape index (κ1) is 29.5. The molecule has 2 atom stereocenters. The van der Waals surface area contributed by atoms with Crippen molar-refractivity contribution in [3.8, 4) is 0 Å². The largest absolute Gasteiger partial charge is 0.352 e. The fraction of sp³-hybridized carbons (Fsp3) is 0.286. The molecule has 0 aromatic heterocycles. The number of nitrogens with zero attached hydrogens (tertiary/aromatic N) is 2. The van der Waals surface area contributed by atoms with Crippen molar-refractivity contribution < 1.29 is 18.0 Å². The molecule has 0 bridgehead atoms. The van der Waals surface area contributed by atoms with Crippen LogP contribution in [0.15, 0.2) is 83.8 Å². The van der Waals surface area contributed by atoms with Gasteiger partial charge in [0.05, 0.1) is 15.6 Å². The topological polar surface area (TPSA) is 86.8 Å². The second-order valence-corrected chi connectivity index (χ2v) is 11.6. The minimum Gasteiger partial charge on any atom is -0.352 e. The van der Waals surface area contributed by atoms with Gasteiger partial charge < -0.3 is 10.2 Å². The first-order valence-electron chi connectivity index (χ1n) is 12.2. The van der Waals surface area contributed by atoms with E-state index < -0.39 is 28.5 Å². The van der Waals surface area contributed by atoms with Crippen molar-refractivity contribution in [3.05, 3.63) is 94.5 Å². The lowest BCUT2D eigenvalue weighted by atomic mass is 10.1. The van der Waals surface area contributed by atoms with Crippen LogP contribution in [0.5, 0.6) is 0 Å². The smallest absolute Gasteiger partial charge is 0.264 e. The summed E-state index contributed by atoms with van der Waals surface area (Å²) in [5.41, 5.74) is 0.899. The quantitative estimate of drug-likeness (QED) is 0.326. The van der Waals surface area contributed by atoms with Crippen LogP contribution in [-0.4, -0.2) is 43.8 Å². The Morgan fingerprint density at radius 2 is 1.53 bits per heavy atom. The molecule has 0 heterocycles. The zero-order chi connectivity index (χ0) is 27.9. The Morgan fingerprint density at radius 3 is 2.11 bits per heavy atom. The number of benzene rings is 3. The lowest BCUT2D eigenvalue weighted by molar-refractivity contribution is -0.139. The van der Waals surface area contributed by atoms with Crippen LogP contribution in [0.25, 0.3) is 0 Å². The number of nitrogens with one attached hydrogen (secondary N) is 1. The number of rotatable bonds is 11. The van der Waals surface area contributed by atoms with Crippen LogP contribution >= 0.6 is 23.2 Å². The monoisotopic (exact) mass is 575 g/mol. The maximum Gasteiger partial charge on any atom is 0.264 e. The third kappa shape index (κ3) is 7.28. The summed E-state index contributed by atoms with van der Waals surface area (Å²) in [5, 5.41) is 3.30. The van der Waals surface area contributed by atoms with Gasteiger partial charge in [0.2, 0.25) is 11.8 Å². The normalized spacial score (nSPS) is 12.9. The van der Waals surface area contributed by atoms with Crippen molar-refractivity contribution in [1.82, 2.24) is 10.2 Å². The van der Waals surface area contributed by atoms with E-state index in [1.807, 2.05) is 44.2 Å². The highest BCUT2D eigenvalue weighted by Crippen LogP contribution is 2.33. The van der Waals surface area contributed by atoms with E-state index >= 15 is 0 Å². The molecule has 0 radical (unpaired) electrons. The van der Waals surface area contributed by atoms with Crippen LogP contribution in [-0.2, 0) is 26.2 Å². The molecule has 3 aromatic rings. The molecule has 0 saturated carbocycles. The van der Waals surface area contributed by atoms with Crippen LogP contribution in [0, 0.1) is 0 Å². The summed E-state index contributed by atoms with van der Waals surface area (Å²) in [4.78, 5) is 28.3. The molecule has 0 spiro atoms. The molecule has 38 heavy (non-hydrogen) atoms. The SMILES string of the molecule is CCC(C)NC(=O)C(C)N(Cc1ccccc1)C(=O)CN(c1ccc(Cl)cc1Cl)S(=O)(=O)c1ccccc1. The summed E-state index contributed by atoms with van der Waals surface area (Å²) in [6.07, 6.45) is 0.725. The van der Waals surface area contributed by atoms with Gasteiger partial charge in [-0.2, -0.15) is 0 Å². The van der Waals surface area contributed by atoms with Gasteiger partial charge in [0, 0.05) is 17.6 Å². The predicted molar refractivity (Wildman–Crippen MR) is 152 cm³/mol. The van der Waals surface area contributed by atoms with Gasteiger partial charge in [0.1, 0.15) is 12.6 Å². The molecule has 7 nitrogen and oxygen atoms in total. The fourth-order valence-corrected chi connectivity index (χ4v) is 5.76. The van der Waals surface area contributed by atoms with E-state index in [-0.39, 0.29) is 34.1 Å². The van der Waals surface area contributed by atoms with Gasteiger partial charge in [-0.1, -0.05) is 78.7 Å². The Morgan fingerprint density at radius 1 is 0.921 bits per heavy atom. The number of carbonyl (C=O) groups excluding carboxylic acids is 2. The van der Waals surface area contributed by atoms with E-state index in [1.54, 1.807) is 25.1 Å². The van der Waals surface area contributed by atoms with Crippen molar-refractivity contribution in [2.75, 3.05) is 10.8 Å². The van der Waals surface area contributed by atoms with Crippen LogP contribution in [0.1, 0.15) is 32.8 Å². The molecule has 2 amide bonds. The number of amides is 2. The Balaban J connectivity index is 2.03. The molecule has 10 heteroatoms. The molecule has 202 valence electrons. The highest BCUT2D eigenvalue weighted by atomic mass is 35.5. The highest BCUT2D eigenvalue weighted by molar-refractivity contribution is 7.92. The summed E-state index contributed by atoms with van der Waals surface area (Å²) in [6, 6.07) is 20.4. The lowest BCUT2D eigenvalue weighted by Gasteiger charge is -2.32.